The van der Waals surface area contributed by atoms with E-state index in [4.69, 9.17) is 9.47 Å². The molecular weight excluding hydrogens is 352 g/mol. The Labute approximate surface area is 165 Å². The maximum absolute atomic E-state index is 13.2. The van der Waals surface area contributed by atoms with Gasteiger partial charge in [-0.2, -0.15) is 0 Å². The summed E-state index contributed by atoms with van der Waals surface area (Å²) < 4.78 is 10.7. The minimum absolute atomic E-state index is 0.0127. The number of nitrogens with zero attached hydrogens (tertiary/aromatic N) is 1. The van der Waals surface area contributed by atoms with Crippen LogP contribution in [0.15, 0.2) is 48.7 Å². The molecule has 1 aromatic heterocycles. The van der Waals surface area contributed by atoms with E-state index in [1.807, 2.05) is 18.2 Å². The van der Waals surface area contributed by atoms with Crippen LogP contribution in [0.2, 0.25) is 0 Å². The average Bonchev–Trinajstić information content (AvgIpc) is 3.16. The molecule has 1 N–H and O–H groups in total. The fourth-order valence-electron chi connectivity index (χ4n) is 4.14. The number of carbonyl (C=O) groups is 1. The van der Waals surface area contributed by atoms with E-state index in [1.54, 1.807) is 20.3 Å². The number of methoxy groups -OCH3 is 2. The fourth-order valence-corrected chi connectivity index (χ4v) is 4.14. The highest BCUT2D eigenvalue weighted by atomic mass is 16.5. The minimum Gasteiger partial charge on any atom is -0.497 e. The lowest BCUT2D eigenvalue weighted by Gasteiger charge is -2.32. The topological polar surface area (TPSA) is 54.6 Å². The molecule has 2 heterocycles. The number of carbonyl (C=O) groups excluding carboxylic acids is 1. The van der Waals surface area contributed by atoms with Crippen molar-refractivity contribution in [3.8, 4) is 11.5 Å². The molecule has 0 bridgehead atoms. The number of fused-ring (bicyclic) bond motifs is 1. The molecule has 0 aliphatic carbocycles. The number of para-hydroxylation sites is 1. The molecule has 3 aromatic rings. The molecular formula is C23H26N2O3. The third kappa shape index (κ3) is 3.62. The third-order valence-corrected chi connectivity index (χ3v) is 5.62. The predicted octanol–water partition coefficient (Wildman–Crippen LogP) is 4.28. The highest BCUT2D eigenvalue weighted by Gasteiger charge is 2.28. The summed E-state index contributed by atoms with van der Waals surface area (Å²) in [6, 6.07) is 13.8. The number of Topliss-reactive ketones (excluding diaryl/α,β-unsaturated/α-hetero) is 1. The van der Waals surface area contributed by atoms with E-state index >= 15 is 0 Å². The Morgan fingerprint density at radius 3 is 2.86 bits per heavy atom. The summed E-state index contributed by atoms with van der Waals surface area (Å²) in [5.41, 5.74) is 3.08. The minimum atomic E-state index is -0.0127. The molecule has 1 aliphatic heterocycles. The van der Waals surface area contributed by atoms with Crippen molar-refractivity contribution in [2.24, 2.45) is 5.92 Å². The van der Waals surface area contributed by atoms with Crippen LogP contribution < -0.4 is 9.47 Å². The molecule has 4 rings (SSSR count). The number of likely N-dealkylation sites (tertiary alicyclic amines) is 1. The molecule has 5 nitrogen and oxygen atoms in total. The predicted molar refractivity (Wildman–Crippen MR) is 110 cm³/mol. The van der Waals surface area contributed by atoms with Gasteiger partial charge in [-0.1, -0.05) is 18.2 Å². The highest BCUT2D eigenvalue weighted by Crippen LogP contribution is 2.30. The second kappa shape index (κ2) is 8.07. The number of benzene rings is 2. The Kier molecular flexibility index (Phi) is 5.35. The first-order valence-electron chi connectivity index (χ1n) is 9.73. The number of rotatable bonds is 6. The highest BCUT2D eigenvalue weighted by molar-refractivity contribution is 6.00. The van der Waals surface area contributed by atoms with Crippen LogP contribution >= 0.6 is 0 Å². The van der Waals surface area contributed by atoms with Crippen LogP contribution in [0, 0.1) is 5.92 Å². The summed E-state index contributed by atoms with van der Waals surface area (Å²) >= 11 is 0. The lowest BCUT2D eigenvalue weighted by Crippen LogP contribution is -2.38. The van der Waals surface area contributed by atoms with Crippen LogP contribution in [-0.2, 0) is 6.54 Å². The van der Waals surface area contributed by atoms with E-state index in [0.717, 1.165) is 38.0 Å². The number of ketones is 1. The summed E-state index contributed by atoms with van der Waals surface area (Å²) in [6.45, 7) is 2.64. The van der Waals surface area contributed by atoms with Crippen LogP contribution in [0.4, 0.5) is 0 Å². The summed E-state index contributed by atoms with van der Waals surface area (Å²) in [6.07, 6.45) is 4.03. The zero-order valence-electron chi connectivity index (χ0n) is 16.4. The van der Waals surface area contributed by atoms with E-state index in [1.165, 1.54) is 10.9 Å². The van der Waals surface area contributed by atoms with E-state index in [-0.39, 0.29) is 11.7 Å². The quantitative estimate of drug-likeness (QED) is 0.651. The van der Waals surface area contributed by atoms with Gasteiger partial charge in [0.05, 0.1) is 19.8 Å². The van der Waals surface area contributed by atoms with Crippen molar-refractivity contribution in [1.29, 1.82) is 0 Å². The largest absolute Gasteiger partial charge is 0.497 e. The normalized spacial score (nSPS) is 17.6. The molecule has 1 atom stereocenters. The molecule has 1 aliphatic rings. The van der Waals surface area contributed by atoms with Gasteiger partial charge in [0.25, 0.3) is 0 Å². The number of piperidine rings is 1. The van der Waals surface area contributed by atoms with Gasteiger partial charge in [-0.15, -0.1) is 0 Å². The van der Waals surface area contributed by atoms with Crippen LogP contribution in [0.5, 0.6) is 11.5 Å². The van der Waals surface area contributed by atoms with Gasteiger partial charge in [-0.25, -0.2) is 0 Å². The average molecular weight is 378 g/mol. The van der Waals surface area contributed by atoms with Crippen molar-refractivity contribution in [3.63, 3.8) is 0 Å². The molecule has 0 radical (unpaired) electrons. The fraction of sp³-hybridized carbons (Fsp3) is 0.348. The number of nitrogens with one attached hydrogen (secondary N) is 1. The van der Waals surface area contributed by atoms with Crippen molar-refractivity contribution in [1.82, 2.24) is 9.88 Å². The Bertz CT molecular complexity index is 979. The van der Waals surface area contributed by atoms with Gasteiger partial charge in [-0.3, -0.25) is 9.69 Å². The molecule has 2 aromatic carbocycles. The van der Waals surface area contributed by atoms with Crippen LogP contribution in [0.1, 0.15) is 28.8 Å². The molecule has 28 heavy (non-hydrogen) atoms. The smallest absolute Gasteiger partial charge is 0.170 e. The lowest BCUT2D eigenvalue weighted by atomic mass is 9.89. The summed E-state index contributed by atoms with van der Waals surface area (Å²) in [5.74, 6) is 1.42. The molecule has 0 spiro atoms. The maximum atomic E-state index is 13.2. The number of ether oxygens (including phenoxy) is 2. The molecule has 0 amide bonds. The van der Waals surface area contributed by atoms with Crippen LogP contribution in [0.25, 0.3) is 10.9 Å². The number of H-pyrrole nitrogens is 1. The summed E-state index contributed by atoms with van der Waals surface area (Å²) in [5, 5.41) is 1.26. The van der Waals surface area contributed by atoms with Gasteiger partial charge in [0.2, 0.25) is 0 Å². The van der Waals surface area contributed by atoms with E-state index in [0.29, 0.717) is 17.1 Å². The number of hydrogen-bond acceptors (Lipinski definition) is 4. The third-order valence-electron chi connectivity index (χ3n) is 5.62. The Morgan fingerprint density at radius 1 is 1.18 bits per heavy atom. The maximum Gasteiger partial charge on any atom is 0.170 e. The van der Waals surface area contributed by atoms with Gasteiger partial charge >= 0.3 is 0 Å². The lowest BCUT2D eigenvalue weighted by molar-refractivity contribution is 0.0809. The SMILES string of the molecule is COc1ccc(C(=O)[C@@H]2CCCN(Cc3c[nH]c4ccccc34)C2)c(OC)c1. The molecule has 1 saturated heterocycles. The second-order valence-corrected chi connectivity index (χ2v) is 7.36. The molecule has 0 unspecified atom stereocenters. The van der Waals surface area contributed by atoms with Gasteiger partial charge in [-0.05, 0) is 43.1 Å². The van der Waals surface area contributed by atoms with Crippen LogP contribution in [-0.4, -0.2) is 43.0 Å². The first kappa shape index (κ1) is 18.6. The van der Waals surface area contributed by atoms with Crippen LogP contribution in [0.3, 0.4) is 0 Å². The van der Waals surface area contributed by atoms with Gasteiger partial charge in [0, 0.05) is 42.2 Å². The molecule has 146 valence electrons. The molecule has 0 saturated carbocycles. The summed E-state index contributed by atoms with van der Waals surface area (Å²) in [4.78, 5) is 18.9. The summed E-state index contributed by atoms with van der Waals surface area (Å²) in [7, 11) is 3.20. The first-order valence-corrected chi connectivity index (χ1v) is 9.73. The van der Waals surface area contributed by atoms with Crippen molar-refractivity contribution in [3.05, 3.63) is 59.8 Å². The second-order valence-electron chi connectivity index (χ2n) is 7.36. The van der Waals surface area contributed by atoms with Crippen molar-refractivity contribution in [2.75, 3.05) is 27.3 Å². The standard InChI is InChI=1S/C23H26N2O3/c1-27-18-9-10-20(22(12-18)28-2)23(26)16-6-5-11-25(14-16)15-17-13-24-21-8-4-3-7-19(17)21/h3-4,7-10,12-13,16,24H,5-6,11,14-15H2,1-2H3/t16-/m1/s1. The Balaban J connectivity index is 1.50. The number of aromatic amines is 1. The van der Waals surface area contributed by atoms with Crippen molar-refractivity contribution < 1.29 is 14.3 Å². The monoisotopic (exact) mass is 378 g/mol. The number of hydrogen-bond donors (Lipinski definition) is 1. The van der Waals surface area contributed by atoms with E-state index < -0.39 is 0 Å². The van der Waals surface area contributed by atoms with Crippen molar-refractivity contribution in [2.45, 2.75) is 19.4 Å². The van der Waals surface area contributed by atoms with Gasteiger partial charge in [0.1, 0.15) is 11.5 Å². The van der Waals surface area contributed by atoms with E-state index in [9.17, 15) is 4.79 Å². The van der Waals surface area contributed by atoms with Crippen molar-refractivity contribution >= 4 is 16.7 Å². The zero-order chi connectivity index (χ0) is 19.5. The zero-order valence-corrected chi connectivity index (χ0v) is 16.4. The van der Waals surface area contributed by atoms with Gasteiger partial charge < -0.3 is 14.5 Å². The van der Waals surface area contributed by atoms with E-state index in [2.05, 4.69) is 34.3 Å². The number of aromatic nitrogens is 1. The van der Waals surface area contributed by atoms with Gasteiger partial charge in [0.15, 0.2) is 5.78 Å². The first-order chi connectivity index (χ1) is 13.7. The Morgan fingerprint density at radius 2 is 2.04 bits per heavy atom. The Hall–Kier alpha value is -2.79. The molecule has 1 fully saturated rings. The molecule has 5 heteroatoms.